The third-order valence-corrected chi connectivity index (χ3v) is 4.12. The molecule has 1 atom stereocenters. The zero-order chi connectivity index (χ0) is 18.0. The number of fused-ring (bicyclic) bond motifs is 1. The molecule has 0 aliphatic heterocycles. The van der Waals surface area contributed by atoms with Crippen LogP contribution in [0.1, 0.15) is 29.7 Å². The molecule has 6 heteroatoms. The van der Waals surface area contributed by atoms with Gasteiger partial charge in [0.2, 0.25) is 5.91 Å². The molecular formula is C19H17F3N2O. The maximum Gasteiger partial charge on any atom is 0.416 e. The molecule has 1 unspecified atom stereocenters. The summed E-state index contributed by atoms with van der Waals surface area (Å²) in [7, 11) is 0. The fraction of sp³-hybridized carbons (Fsp3) is 0.211. The number of benzene rings is 2. The van der Waals surface area contributed by atoms with Crippen LogP contribution < -0.4 is 5.32 Å². The highest BCUT2D eigenvalue weighted by atomic mass is 19.4. The van der Waals surface area contributed by atoms with E-state index in [9.17, 15) is 18.0 Å². The van der Waals surface area contributed by atoms with E-state index in [-0.39, 0.29) is 12.3 Å². The van der Waals surface area contributed by atoms with Gasteiger partial charge in [0.1, 0.15) is 0 Å². The van der Waals surface area contributed by atoms with Gasteiger partial charge in [0.05, 0.1) is 18.0 Å². The standard InChI is InChI=1S/C19H17F3N2O/c1-12(13-5-4-6-15(9-13)19(20,21)22)24-18(25)10-14-11-23-17-8-3-2-7-16(14)17/h2-9,11-12,23H,10H2,1H3,(H,24,25). The van der Waals surface area contributed by atoms with Crippen LogP contribution in [-0.4, -0.2) is 10.9 Å². The summed E-state index contributed by atoms with van der Waals surface area (Å²) in [6, 6.07) is 12.1. The van der Waals surface area contributed by atoms with Crippen molar-refractivity contribution in [1.29, 1.82) is 0 Å². The minimum atomic E-state index is -4.40. The maximum absolute atomic E-state index is 12.8. The Morgan fingerprint density at radius 1 is 1.16 bits per heavy atom. The molecule has 1 amide bonds. The maximum atomic E-state index is 12.8. The molecule has 3 aromatic rings. The Kier molecular flexibility index (Phi) is 4.53. The Morgan fingerprint density at radius 3 is 2.68 bits per heavy atom. The van der Waals surface area contributed by atoms with Crippen molar-refractivity contribution in [2.75, 3.05) is 0 Å². The zero-order valence-corrected chi connectivity index (χ0v) is 13.5. The number of H-pyrrole nitrogens is 1. The number of aromatic nitrogens is 1. The predicted molar refractivity (Wildman–Crippen MR) is 90.0 cm³/mol. The Bertz CT molecular complexity index is 899. The molecule has 130 valence electrons. The van der Waals surface area contributed by atoms with Crippen LogP contribution in [0.2, 0.25) is 0 Å². The van der Waals surface area contributed by atoms with Crippen LogP contribution in [0.5, 0.6) is 0 Å². The van der Waals surface area contributed by atoms with Gasteiger partial charge in [0.15, 0.2) is 0 Å². The number of alkyl halides is 3. The van der Waals surface area contributed by atoms with E-state index in [1.165, 1.54) is 6.07 Å². The van der Waals surface area contributed by atoms with E-state index in [0.717, 1.165) is 28.6 Å². The summed E-state index contributed by atoms with van der Waals surface area (Å²) >= 11 is 0. The van der Waals surface area contributed by atoms with E-state index < -0.39 is 17.8 Å². The van der Waals surface area contributed by atoms with Crippen molar-refractivity contribution in [3.05, 3.63) is 71.4 Å². The molecule has 0 bridgehead atoms. The number of para-hydroxylation sites is 1. The average Bonchev–Trinajstić information content (AvgIpc) is 2.97. The molecule has 0 spiro atoms. The van der Waals surface area contributed by atoms with Crippen LogP contribution in [0.25, 0.3) is 10.9 Å². The first-order valence-electron chi connectivity index (χ1n) is 7.86. The van der Waals surface area contributed by atoms with Gasteiger partial charge >= 0.3 is 6.18 Å². The van der Waals surface area contributed by atoms with Gasteiger partial charge in [0, 0.05) is 17.1 Å². The smallest absolute Gasteiger partial charge is 0.361 e. The first-order chi connectivity index (χ1) is 11.8. The highest BCUT2D eigenvalue weighted by Crippen LogP contribution is 2.30. The predicted octanol–water partition coefficient (Wildman–Crippen LogP) is 4.61. The van der Waals surface area contributed by atoms with Gasteiger partial charge in [-0.3, -0.25) is 4.79 Å². The molecule has 2 N–H and O–H groups in total. The molecule has 2 aromatic carbocycles. The number of hydrogen-bond donors (Lipinski definition) is 2. The Balaban J connectivity index is 1.70. The van der Waals surface area contributed by atoms with Gasteiger partial charge < -0.3 is 10.3 Å². The first kappa shape index (κ1) is 17.1. The normalized spacial score (nSPS) is 13.0. The van der Waals surface area contributed by atoms with Crippen molar-refractivity contribution in [3.63, 3.8) is 0 Å². The summed E-state index contributed by atoms with van der Waals surface area (Å²) < 4.78 is 38.4. The lowest BCUT2D eigenvalue weighted by Crippen LogP contribution is -2.28. The van der Waals surface area contributed by atoms with Gasteiger partial charge in [-0.2, -0.15) is 13.2 Å². The second kappa shape index (κ2) is 6.63. The van der Waals surface area contributed by atoms with Crippen molar-refractivity contribution in [2.24, 2.45) is 0 Å². The molecule has 0 radical (unpaired) electrons. The van der Waals surface area contributed by atoms with Gasteiger partial charge in [-0.15, -0.1) is 0 Å². The molecule has 1 heterocycles. The van der Waals surface area contributed by atoms with Crippen molar-refractivity contribution in [2.45, 2.75) is 25.6 Å². The Hall–Kier alpha value is -2.76. The SMILES string of the molecule is CC(NC(=O)Cc1c[nH]c2ccccc12)c1cccc(C(F)(F)F)c1. The third-order valence-electron chi connectivity index (χ3n) is 4.12. The van der Waals surface area contributed by atoms with E-state index in [0.29, 0.717) is 5.56 Å². The van der Waals surface area contributed by atoms with E-state index in [4.69, 9.17) is 0 Å². The van der Waals surface area contributed by atoms with E-state index in [2.05, 4.69) is 10.3 Å². The monoisotopic (exact) mass is 346 g/mol. The minimum Gasteiger partial charge on any atom is -0.361 e. The number of hydrogen-bond acceptors (Lipinski definition) is 1. The zero-order valence-electron chi connectivity index (χ0n) is 13.5. The molecule has 3 nitrogen and oxygen atoms in total. The Morgan fingerprint density at radius 2 is 1.92 bits per heavy atom. The summed E-state index contributed by atoms with van der Waals surface area (Å²) in [5.41, 5.74) is 1.49. The molecule has 3 rings (SSSR count). The lowest BCUT2D eigenvalue weighted by atomic mass is 10.0. The van der Waals surface area contributed by atoms with Crippen molar-refractivity contribution in [3.8, 4) is 0 Å². The van der Waals surface area contributed by atoms with Gasteiger partial charge in [-0.1, -0.05) is 30.3 Å². The molecule has 1 aromatic heterocycles. The van der Waals surface area contributed by atoms with Crippen molar-refractivity contribution < 1.29 is 18.0 Å². The number of carbonyl (C=O) groups excluding carboxylic acids is 1. The van der Waals surface area contributed by atoms with Crippen molar-refractivity contribution >= 4 is 16.8 Å². The molecule has 0 aliphatic carbocycles. The van der Waals surface area contributed by atoms with Crippen LogP contribution in [0.4, 0.5) is 13.2 Å². The summed E-state index contributed by atoms with van der Waals surface area (Å²) in [6.07, 6.45) is -2.46. The van der Waals surface area contributed by atoms with Crippen LogP contribution in [0, 0.1) is 0 Å². The molecule has 0 fully saturated rings. The second-order valence-electron chi connectivity index (χ2n) is 5.95. The highest BCUT2D eigenvalue weighted by molar-refractivity contribution is 5.88. The molecule has 0 saturated heterocycles. The second-order valence-corrected chi connectivity index (χ2v) is 5.95. The number of nitrogens with one attached hydrogen (secondary N) is 2. The summed E-state index contributed by atoms with van der Waals surface area (Å²) in [5.74, 6) is -0.241. The first-order valence-corrected chi connectivity index (χ1v) is 7.86. The number of carbonyl (C=O) groups is 1. The van der Waals surface area contributed by atoms with Gasteiger partial charge in [0.25, 0.3) is 0 Å². The topological polar surface area (TPSA) is 44.9 Å². The van der Waals surface area contributed by atoms with E-state index >= 15 is 0 Å². The van der Waals surface area contributed by atoms with E-state index in [1.54, 1.807) is 19.2 Å². The quantitative estimate of drug-likeness (QED) is 0.712. The summed E-state index contributed by atoms with van der Waals surface area (Å²) in [5, 5.41) is 3.72. The van der Waals surface area contributed by atoms with Crippen molar-refractivity contribution in [1.82, 2.24) is 10.3 Å². The summed E-state index contributed by atoms with van der Waals surface area (Å²) in [4.78, 5) is 15.4. The van der Waals surface area contributed by atoms with E-state index in [1.807, 2.05) is 24.3 Å². The lowest BCUT2D eigenvalue weighted by Gasteiger charge is -2.16. The fourth-order valence-corrected chi connectivity index (χ4v) is 2.81. The summed E-state index contributed by atoms with van der Waals surface area (Å²) in [6.45, 7) is 1.67. The number of amides is 1. The number of aromatic amines is 1. The number of halogens is 3. The van der Waals surface area contributed by atoms with Crippen LogP contribution >= 0.6 is 0 Å². The molecule has 0 aliphatic rings. The molecule has 0 saturated carbocycles. The molecular weight excluding hydrogens is 329 g/mol. The lowest BCUT2D eigenvalue weighted by molar-refractivity contribution is -0.137. The highest BCUT2D eigenvalue weighted by Gasteiger charge is 2.30. The molecule has 25 heavy (non-hydrogen) atoms. The largest absolute Gasteiger partial charge is 0.416 e. The third kappa shape index (κ3) is 3.84. The van der Waals surface area contributed by atoms with Crippen LogP contribution in [-0.2, 0) is 17.4 Å². The van der Waals surface area contributed by atoms with Gasteiger partial charge in [-0.25, -0.2) is 0 Å². The van der Waals surface area contributed by atoms with Crippen LogP contribution in [0.15, 0.2) is 54.7 Å². The van der Waals surface area contributed by atoms with Gasteiger partial charge in [-0.05, 0) is 36.2 Å². The van der Waals surface area contributed by atoms with Crippen LogP contribution in [0.3, 0.4) is 0 Å². The number of rotatable bonds is 4. The fourth-order valence-electron chi connectivity index (χ4n) is 2.81. The minimum absolute atomic E-state index is 0.160. The Labute approximate surface area is 142 Å². The average molecular weight is 346 g/mol.